The van der Waals surface area contributed by atoms with E-state index >= 15 is 0 Å². The van der Waals surface area contributed by atoms with Crippen molar-refractivity contribution in [2.24, 2.45) is 5.92 Å². The lowest BCUT2D eigenvalue weighted by molar-refractivity contribution is 0.601. The quantitative estimate of drug-likeness (QED) is 0.0608. The van der Waals surface area contributed by atoms with Gasteiger partial charge in [0.25, 0.3) is 0 Å². The fourth-order valence-electron chi connectivity index (χ4n) is 11.0. The van der Waals surface area contributed by atoms with E-state index in [1.165, 1.54) is 50.8 Å². The Balaban J connectivity index is 0.000000142. The molecule has 0 N–H and O–H groups in total. The van der Waals surface area contributed by atoms with Gasteiger partial charge in [-0.1, -0.05) is 200 Å². The first-order valence-corrected chi connectivity index (χ1v) is 39.5. The topological polar surface area (TPSA) is 137 Å². The molecule has 0 aliphatic rings. The number of aryl methyl sites for hydroxylation is 7. The highest BCUT2D eigenvalue weighted by molar-refractivity contribution is 7.89. The van der Waals surface area contributed by atoms with Crippen molar-refractivity contribution in [3.8, 4) is 87.3 Å². The van der Waals surface area contributed by atoms with Crippen molar-refractivity contribution >= 4 is 55.2 Å². The fourth-order valence-corrected chi connectivity index (χ4v) is 15.1. The van der Waals surface area contributed by atoms with Gasteiger partial charge in [-0.3, -0.25) is 19.9 Å². The number of rotatable bonds is 23. The van der Waals surface area contributed by atoms with Crippen LogP contribution in [0.4, 0.5) is 0 Å². The molecule has 0 aliphatic heterocycles. The summed E-state index contributed by atoms with van der Waals surface area (Å²) in [5, 5.41) is 12.6. The highest BCUT2D eigenvalue weighted by atomic mass is 32.2. The van der Waals surface area contributed by atoms with E-state index in [-0.39, 0.29) is 5.75 Å². The van der Waals surface area contributed by atoms with E-state index in [0.717, 1.165) is 164 Å². The van der Waals surface area contributed by atoms with Crippen LogP contribution in [0.3, 0.4) is 0 Å². The number of hydrogen-bond donors (Lipinski definition) is 0. The zero-order valence-electron chi connectivity index (χ0n) is 57.4. The van der Waals surface area contributed by atoms with Crippen LogP contribution in [-0.4, -0.2) is 54.5 Å². The standard InChI is InChI=1S/C25H24N2S.C21H24N2S.C19H20N2O2S2.C18H18N2S/c1-2-6-23-17-22(15-16-26-23)25-27-24(18-28-25)21-13-11-20(12-14-21)10-9-19-7-4-3-5-8-19;1-4-5-19-13-18(10-11-22-19)21-23-20(14-24-21)17-8-6-16(7-9-17)12-15(2)3;1-3-4-17-11-16(9-10-20-17)19-21-18(12-24-19)15-7-5-14(6-8-15)13-25(2,22)23;1-3-4-16-11-15(9-10-19-16)18-20-17(12-21-18)14-7-5-13(2)6-8-14/h3-5,7-8,11-18H,2,6,9-10H2,1H3;6-11,13-15H,4-5,12H2,1-3H3;5-12H,3-4,13H2,1-2H3;5-12H,3-4H2,1-2H3. The van der Waals surface area contributed by atoms with Crippen molar-refractivity contribution in [1.82, 2.24) is 39.9 Å². The van der Waals surface area contributed by atoms with Crippen LogP contribution in [0.1, 0.15) is 118 Å². The van der Waals surface area contributed by atoms with Crippen LogP contribution in [0.2, 0.25) is 0 Å². The molecule has 8 aromatic heterocycles. The second kappa shape index (κ2) is 36.1. The second-order valence-corrected chi connectivity index (χ2v) is 30.5. The summed E-state index contributed by atoms with van der Waals surface area (Å²) in [6.07, 6.45) is 20.4. The molecular formula is C83H86N8O2S5. The minimum atomic E-state index is -3.01. The summed E-state index contributed by atoms with van der Waals surface area (Å²) in [5.74, 6) is 0.748. The van der Waals surface area contributed by atoms with Crippen LogP contribution in [0, 0.1) is 12.8 Å². The Bertz CT molecular complexity index is 4690. The van der Waals surface area contributed by atoms with Crippen molar-refractivity contribution < 1.29 is 8.42 Å². The van der Waals surface area contributed by atoms with Gasteiger partial charge in [-0.15, -0.1) is 45.3 Å². The lowest BCUT2D eigenvalue weighted by Crippen LogP contribution is -2.00. The van der Waals surface area contributed by atoms with Gasteiger partial charge in [-0.2, -0.15) is 0 Å². The highest BCUT2D eigenvalue weighted by Gasteiger charge is 2.14. The van der Waals surface area contributed by atoms with Gasteiger partial charge in [0.1, 0.15) is 20.0 Å². The molecule has 13 rings (SSSR count). The molecular weight excluding hydrogens is 1300 g/mol. The minimum absolute atomic E-state index is 0.0623. The molecule has 10 nitrogen and oxygen atoms in total. The summed E-state index contributed by atoms with van der Waals surface area (Å²) >= 11 is 6.69. The van der Waals surface area contributed by atoms with E-state index < -0.39 is 9.84 Å². The molecule has 98 heavy (non-hydrogen) atoms. The van der Waals surface area contributed by atoms with E-state index in [1.54, 1.807) is 45.3 Å². The first-order valence-electron chi connectivity index (χ1n) is 33.9. The van der Waals surface area contributed by atoms with Gasteiger partial charge in [0.05, 0.1) is 28.5 Å². The summed E-state index contributed by atoms with van der Waals surface area (Å²) < 4.78 is 22.7. The van der Waals surface area contributed by atoms with Gasteiger partial charge in [0.15, 0.2) is 9.84 Å². The lowest BCUT2D eigenvalue weighted by Gasteiger charge is -2.05. The van der Waals surface area contributed by atoms with Crippen LogP contribution >= 0.6 is 45.3 Å². The van der Waals surface area contributed by atoms with Gasteiger partial charge < -0.3 is 0 Å². The van der Waals surface area contributed by atoms with Gasteiger partial charge in [0, 0.05) is 120 Å². The van der Waals surface area contributed by atoms with Crippen molar-refractivity contribution in [2.45, 2.75) is 125 Å². The van der Waals surface area contributed by atoms with Crippen LogP contribution < -0.4 is 0 Å². The first kappa shape index (κ1) is 71.9. The predicted molar refractivity (Wildman–Crippen MR) is 415 cm³/mol. The van der Waals surface area contributed by atoms with E-state index in [9.17, 15) is 8.42 Å². The van der Waals surface area contributed by atoms with Crippen molar-refractivity contribution in [3.63, 3.8) is 0 Å². The smallest absolute Gasteiger partial charge is 0.151 e. The maximum absolute atomic E-state index is 11.4. The Morgan fingerprint density at radius 3 is 0.949 bits per heavy atom. The Labute approximate surface area is 596 Å². The Hall–Kier alpha value is -8.83. The molecule has 0 saturated carbocycles. The number of sulfone groups is 1. The predicted octanol–water partition coefficient (Wildman–Crippen LogP) is 22.1. The van der Waals surface area contributed by atoms with Crippen LogP contribution in [0.5, 0.6) is 0 Å². The maximum Gasteiger partial charge on any atom is 0.151 e. The normalized spacial score (nSPS) is 11.1. The summed E-state index contributed by atoms with van der Waals surface area (Å²) in [6, 6.07) is 61.1. The molecule has 0 atom stereocenters. The van der Waals surface area contributed by atoms with Gasteiger partial charge in [0.2, 0.25) is 0 Å². The molecule has 15 heteroatoms. The summed E-state index contributed by atoms with van der Waals surface area (Å²) in [6.45, 7) is 15.3. The molecule has 0 aliphatic carbocycles. The molecule has 0 unspecified atom stereocenters. The van der Waals surface area contributed by atoms with Gasteiger partial charge in [-0.05, 0) is 129 Å². The third kappa shape index (κ3) is 21.6. The second-order valence-electron chi connectivity index (χ2n) is 24.9. The molecule has 500 valence electrons. The third-order valence-corrected chi connectivity index (χ3v) is 20.4. The zero-order chi connectivity index (χ0) is 68.6. The van der Waals surface area contributed by atoms with Crippen molar-refractivity contribution in [1.29, 1.82) is 0 Å². The third-order valence-electron chi connectivity index (χ3n) is 16.0. The maximum atomic E-state index is 11.4. The fraction of sp³-hybridized carbons (Fsp3) is 0.253. The van der Waals surface area contributed by atoms with E-state index in [0.29, 0.717) is 5.92 Å². The average Bonchev–Trinajstić information content (AvgIpc) is 2.19. The summed E-state index contributed by atoms with van der Waals surface area (Å²) in [4.78, 5) is 36.9. The van der Waals surface area contributed by atoms with E-state index in [2.05, 4.69) is 218 Å². The average molecular weight is 1390 g/mol. The molecule has 13 aromatic rings. The number of benzene rings is 5. The van der Waals surface area contributed by atoms with Crippen LogP contribution in [0.15, 0.2) is 222 Å². The van der Waals surface area contributed by atoms with Crippen LogP contribution in [0.25, 0.3) is 87.3 Å². The van der Waals surface area contributed by atoms with Crippen LogP contribution in [-0.2, 0) is 60.5 Å². The summed E-state index contributed by atoms with van der Waals surface area (Å²) in [7, 11) is -3.01. The Morgan fingerprint density at radius 2 is 0.643 bits per heavy atom. The van der Waals surface area contributed by atoms with Crippen molar-refractivity contribution in [3.05, 3.63) is 273 Å². The molecule has 0 radical (unpaired) electrons. The number of thiazole rings is 4. The molecule has 0 saturated heterocycles. The molecule has 0 bridgehead atoms. The first-order chi connectivity index (χ1) is 47.7. The van der Waals surface area contributed by atoms with Gasteiger partial charge in [-0.25, -0.2) is 28.4 Å². The highest BCUT2D eigenvalue weighted by Crippen LogP contribution is 2.34. The molecule has 0 amide bonds. The van der Waals surface area contributed by atoms with E-state index in [4.69, 9.17) is 19.9 Å². The number of pyridine rings is 4. The molecule has 5 aromatic carbocycles. The lowest BCUT2D eigenvalue weighted by atomic mass is 10.0. The molecule has 0 spiro atoms. The number of hydrogen-bond acceptors (Lipinski definition) is 14. The van der Waals surface area contributed by atoms with Gasteiger partial charge >= 0.3 is 0 Å². The SMILES string of the molecule is CCCc1cc(-c2nc(-c3ccc(C)cc3)cs2)ccn1.CCCc1cc(-c2nc(-c3ccc(CC(C)C)cc3)cs2)ccn1.CCCc1cc(-c2nc(-c3ccc(CCc4ccccc4)cc3)cs2)ccn1.CCCc1cc(-c2nc(-c3ccc(CS(C)(=O)=O)cc3)cs2)ccn1. The number of aromatic nitrogens is 8. The zero-order valence-corrected chi connectivity index (χ0v) is 61.4. The van der Waals surface area contributed by atoms with Crippen molar-refractivity contribution in [2.75, 3.05) is 6.26 Å². The largest absolute Gasteiger partial charge is 0.261 e. The Kier molecular flexibility index (Phi) is 26.5. The monoisotopic (exact) mass is 1390 g/mol. The molecule has 8 heterocycles. The Morgan fingerprint density at radius 1 is 0.347 bits per heavy atom. The van der Waals surface area contributed by atoms with E-state index in [1.807, 2.05) is 72.6 Å². The minimum Gasteiger partial charge on any atom is -0.261 e. The summed E-state index contributed by atoms with van der Waals surface area (Å²) in [5.41, 5.74) is 23.9. The molecule has 0 fully saturated rings. The number of nitrogens with zero attached hydrogens (tertiary/aromatic N) is 8.